The van der Waals surface area contributed by atoms with E-state index in [9.17, 15) is 8.42 Å². The van der Waals surface area contributed by atoms with E-state index >= 15 is 0 Å². The Morgan fingerprint density at radius 3 is 1.83 bits per heavy atom. The first-order chi connectivity index (χ1) is 2.56. The topological polar surface area (TPSA) is 43.4 Å². The summed E-state index contributed by atoms with van der Waals surface area (Å²) >= 11 is 3.00. The predicted molar refractivity (Wildman–Crippen MR) is 24.9 cm³/mol. The van der Waals surface area contributed by atoms with Crippen LogP contribution in [0.2, 0.25) is 0 Å². The molecule has 0 saturated carbocycles. The van der Waals surface area contributed by atoms with Crippen LogP contribution in [0.1, 0.15) is 0 Å². The number of hydrogen-bond donors (Lipinski definition) is 1. The highest BCUT2D eigenvalue weighted by Crippen LogP contribution is 1.91. The van der Waals surface area contributed by atoms with Gasteiger partial charge in [0.15, 0.2) is 0 Å². The van der Waals surface area contributed by atoms with Crippen molar-refractivity contribution in [3.05, 3.63) is 0 Å². The summed E-state index contributed by atoms with van der Waals surface area (Å²) in [6.07, 6.45) is 0. The van der Waals surface area contributed by atoms with Crippen LogP contribution in [0.15, 0.2) is 0 Å². The minimum atomic E-state index is -3.47. The van der Waals surface area contributed by atoms with Crippen molar-refractivity contribution in [1.29, 1.82) is 0 Å². The molecule has 0 aliphatic carbocycles. The van der Waals surface area contributed by atoms with Crippen molar-refractivity contribution in [2.24, 2.45) is 0 Å². The lowest BCUT2D eigenvalue weighted by Gasteiger charge is -1.82. The van der Waals surface area contributed by atoms with Gasteiger partial charge in [0.1, 0.15) is 0 Å². The zero-order chi connectivity index (χ0) is 5.21. The SMILES string of the molecule is COS(=O)(=O)S. The zero-order valence-electron chi connectivity index (χ0n) is 3.08. The molecule has 0 heterocycles. The molecule has 0 rings (SSSR count). The lowest BCUT2D eigenvalue weighted by Crippen LogP contribution is -1.87. The van der Waals surface area contributed by atoms with Gasteiger partial charge in [0.2, 0.25) is 0 Å². The molecule has 5 heteroatoms. The molecule has 0 saturated heterocycles. The van der Waals surface area contributed by atoms with E-state index in [1.165, 1.54) is 0 Å². The van der Waals surface area contributed by atoms with Crippen LogP contribution in [0.5, 0.6) is 0 Å². The van der Waals surface area contributed by atoms with Crippen LogP contribution in [0.3, 0.4) is 0 Å². The Hall–Kier alpha value is 0.260. The van der Waals surface area contributed by atoms with Crippen LogP contribution in [0.25, 0.3) is 0 Å². The molecule has 0 aromatic rings. The van der Waals surface area contributed by atoms with Crippen molar-refractivity contribution in [2.45, 2.75) is 0 Å². The van der Waals surface area contributed by atoms with Gasteiger partial charge in [-0.05, 0) is 11.7 Å². The normalized spacial score (nSPS) is 11.7. The summed E-state index contributed by atoms with van der Waals surface area (Å²) in [6.45, 7) is 0. The molecule has 3 nitrogen and oxygen atoms in total. The molecule has 0 aliphatic rings. The summed E-state index contributed by atoms with van der Waals surface area (Å²) in [4.78, 5) is 0. The van der Waals surface area contributed by atoms with Crippen LogP contribution in [-0.2, 0) is 13.3 Å². The van der Waals surface area contributed by atoms with Gasteiger partial charge < -0.3 is 0 Å². The molecule has 0 aliphatic heterocycles. The van der Waals surface area contributed by atoms with Crippen molar-refractivity contribution in [2.75, 3.05) is 7.11 Å². The van der Waals surface area contributed by atoms with Crippen LogP contribution in [0.4, 0.5) is 0 Å². The van der Waals surface area contributed by atoms with E-state index in [0.717, 1.165) is 7.11 Å². The van der Waals surface area contributed by atoms with Gasteiger partial charge in [-0.3, -0.25) is 4.18 Å². The van der Waals surface area contributed by atoms with Gasteiger partial charge in [-0.15, -0.1) is 0 Å². The molecule has 0 bridgehead atoms. The molecule has 0 radical (unpaired) electrons. The predicted octanol–water partition coefficient (Wildman–Crippen LogP) is -0.193. The fraction of sp³-hybridized carbons (Fsp3) is 1.00. The van der Waals surface area contributed by atoms with Crippen molar-refractivity contribution >= 4 is 20.8 Å². The third-order valence-corrected chi connectivity index (χ3v) is 1.08. The van der Waals surface area contributed by atoms with Crippen LogP contribution in [0, 0.1) is 0 Å². The first-order valence-corrected chi connectivity index (χ1v) is 3.55. The summed E-state index contributed by atoms with van der Waals surface area (Å²) in [5.41, 5.74) is 0. The van der Waals surface area contributed by atoms with Gasteiger partial charge >= 0.3 is 9.15 Å². The quantitative estimate of drug-likeness (QED) is 0.393. The molecular weight excluding hydrogens is 124 g/mol. The maximum Gasteiger partial charge on any atom is 0.319 e. The second-order valence-electron chi connectivity index (χ2n) is 0.594. The van der Waals surface area contributed by atoms with Crippen molar-refractivity contribution in [1.82, 2.24) is 0 Å². The Morgan fingerprint density at radius 2 is 1.83 bits per heavy atom. The van der Waals surface area contributed by atoms with E-state index in [2.05, 4.69) is 15.8 Å². The standard InChI is InChI=1S/CH4O3S2/c1-4-6(2,3)5/h1H3,(H,2,3,5). The minimum Gasteiger partial charge on any atom is -0.265 e. The summed E-state index contributed by atoms with van der Waals surface area (Å²) in [6, 6.07) is 0. The summed E-state index contributed by atoms with van der Waals surface area (Å²) < 4.78 is 23.1. The maximum atomic E-state index is 9.64. The van der Waals surface area contributed by atoms with E-state index in [0.29, 0.717) is 0 Å². The fourth-order valence-electron chi connectivity index (χ4n) is 0. The minimum absolute atomic E-state index is 1.04. The molecule has 0 unspecified atom stereocenters. The van der Waals surface area contributed by atoms with E-state index in [1.54, 1.807) is 0 Å². The lowest BCUT2D eigenvalue weighted by molar-refractivity contribution is 0.413. The van der Waals surface area contributed by atoms with Crippen molar-refractivity contribution < 1.29 is 12.6 Å². The molecule has 6 heavy (non-hydrogen) atoms. The first kappa shape index (κ1) is 6.26. The molecule has 0 spiro atoms. The fourth-order valence-corrected chi connectivity index (χ4v) is 0. The van der Waals surface area contributed by atoms with Gasteiger partial charge in [-0.2, -0.15) is 8.42 Å². The van der Waals surface area contributed by atoms with Crippen LogP contribution < -0.4 is 0 Å². The van der Waals surface area contributed by atoms with Crippen LogP contribution in [-0.4, -0.2) is 15.5 Å². The average Bonchev–Trinajstić information content (AvgIpc) is 1.35. The van der Waals surface area contributed by atoms with Gasteiger partial charge in [0.25, 0.3) is 0 Å². The molecule has 0 atom stereocenters. The maximum absolute atomic E-state index is 9.64. The Bertz CT molecular complexity index is 111. The smallest absolute Gasteiger partial charge is 0.265 e. The first-order valence-electron chi connectivity index (χ1n) is 1.09. The highest BCUT2D eigenvalue weighted by Gasteiger charge is 1.92. The van der Waals surface area contributed by atoms with E-state index in [4.69, 9.17) is 0 Å². The Kier molecular flexibility index (Phi) is 1.89. The van der Waals surface area contributed by atoms with Crippen LogP contribution >= 0.6 is 11.7 Å². The van der Waals surface area contributed by atoms with Crippen molar-refractivity contribution in [3.63, 3.8) is 0 Å². The summed E-state index contributed by atoms with van der Waals surface area (Å²) in [5.74, 6) is 0. The Labute approximate surface area is 41.2 Å². The Balaban J connectivity index is 3.85. The zero-order valence-corrected chi connectivity index (χ0v) is 4.79. The Morgan fingerprint density at radius 1 is 1.67 bits per heavy atom. The largest absolute Gasteiger partial charge is 0.319 e. The highest BCUT2D eigenvalue weighted by molar-refractivity contribution is 8.61. The van der Waals surface area contributed by atoms with E-state index in [-0.39, 0.29) is 0 Å². The summed E-state index contributed by atoms with van der Waals surface area (Å²) in [5, 5.41) is 0. The molecule has 38 valence electrons. The van der Waals surface area contributed by atoms with Crippen molar-refractivity contribution in [3.8, 4) is 0 Å². The van der Waals surface area contributed by atoms with Gasteiger partial charge in [0, 0.05) is 0 Å². The monoisotopic (exact) mass is 128 g/mol. The number of thiol groups is 1. The second-order valence-corrected chi connectivity index (χ2v) is 3.12. The van der Waals surface area contributed by atoms with E-state index < -0.39 is 9.15 Å². The van der Waals surface area contributed by atoms with Gasteiger partial charge in [-0.25, -0.2) is 0 Å². The molecule has 0 aromatic carbocycles. The molecular formula is CH4O3S2. The van der Waals surface area contributed by atoms with Gasteiger partial charge in [-0.1, -0.05) is 0 Å². The number of rotatable bonds is 1. The molecule has 0 aromatic heterocycles. The molecule has 0 amide bonds. The number of hydrogen-bond acceptors (Lipinski definition) is 3. The molecule has 0 fully saturated rings. The highest BCUT2D eigenvalue weighted by atomic mass is 33.1. The third-order valence-electron chi connectivity index (χ3n) is 0.211. The lowest BCUT2D eigenvalue weighted by atomic mass is 11.8. The second kappa shape index (κ2) is 1.81. The van der Waals surface area contributed by atoms with Gasteiger partial charge in [0.05, 0.1) is 7.11 Å². The third kappa shape index (κ3) is 4.26. The van der Waals surface area contributed by atoms with E-state index in [1.807, 2.05) is 0 Å². The molecule has 0 N–H and O–H groups in total. The summed E-state index contributed by atoms with van der Waals surface area (Å²) in [7, 11) is -2.42. The average molecular weight is 128 g/mol.